The van der Waals surface area contributed by atoms with E-state index < -0.39 is 0 Å². The van der Waals surface area contributed by atoms with E-state index in [1.807, 2.05) is 27.0 Å². The van der Waals surface area contributed by atoms with Crippen molar-refractivity contribution >= 4 is 23.0 Å². The number of hydrogen-bond donors (Lipinski definition) is 2. The maximum Gasteiger partial charge on any atom is 0.135 e. The van der Waals surface area contributed by atoms with Gasteiger partial charge in [-0.15, -0.1) is 11.3 Å². The molecule has 0 saturated heterocycles. The molecule has 0 atom stereocenters. The van der Waals surface area contributed by atoms with Gasteiger partial charge in [0.2, 0.25) is 0 Å². The fourth-order valence-electron chi connectivity index (χ4n) is 1.50. The van der Waals surface area contributed by atoms with Crippen molar-refractivity contribution in [2.75, 3.05) is 11.1 Å². The predicted molar refractivity (Wildman–Crippen MR) is 74.7 cm³/mol. The van der Waals surface area contributed by atoms with Gasteiger partial charge in [0.1, 0.15) is 17.5 Å². The van der Waals surface area contributed by atoms with E-state index in [2.05, 4.69) is 20.3 Å². The average Bonchev–Trinajstić information content (AvgIpc) is 2.72. The third-order valence-corrected chi connectivity index (χ3v) is 3.31. The topological polar surface area (TPSA) is 76.7 Å². The Hall–Kier alpha value is -1.69. The fourth-order valence-corrected chi connectivity index (χ4v) is 2.23. The van der Waals surface area contributed by atoms with E-state index in [9.17, 15) is 0 Å². The summed E-state index contributed by atoms with van der Waals surface area (Å²) in [5.41, 5.74) is 5.77. The van der Waals surface area contributed by atoms with Crippen molar-refractivity contribution in [3.8, 4) is 0 Å². The first kappa shape index (κ1) is 12.8. The smallest absolute Gasteiger partial charge is 0.135 e. The molecule has 0 aromatic carbocycles. The second-order valence-electron chi connectivity index (χ2n) is 4.39. The summed E-state index contributed by atoms with van der Waals surface area (Å²) in [6.07, 6.45) is 1.88. The third kappa shape index (κ3) is 3.16. The first-order chi connectivity index (χ1) is 8.54. The molecule has 0 saturated carbocycles. The monoisotopic (exact) mass is 263 g/mol. The molecule has 2 rings (SSSR count). The minimum Gasteiger partial charge on any atom is -0.384 e. The lowest BCUT2D eigenvalue weighted by molar-refractivity contribution is 0.777. The number of anilines is 2. The number of aromatic nitrogens is 3. The Bertz CT molecular complexity index is 535. The largest absolute Gasteiger partial charge is 0.384 e. The van der Waals surface area contributed by atoms with Gasteiger partial charge in [-0.1, -0.05) is 13.8 Å². The fraction of sp³-hybridized carbons (Fsp3) is 0.417. The zero-order valence-corrected chi connectivity index (χ0v) is 11.6. The van der Waals surface area contributed by atoms with Gasteiger partial charge in [-0.05, 0) is 6.92 Å². The number of aryl methyl sites for hydroxylation is 1. The van der Waals surface area contributed by atoms with Gasteiger partial charge < -0.3 is 11.1 Å². The molecule has 18 heavy (non-hydrogen) atoms. The van der Waals surface area contributed by atoms with Crippen LogP contribution in [-0.4, -0.2) is 15.0 Å². The Labute approximate surface area is 111 Å². The van der Waals surface area contributed by atoms with Crippen molar-refractivity contribution in [3.63, 3.8) is 0 Å². The minimum absolute atomic E-state index is 0.264. The SMILES string of the molecule is Cc1ncc(CNc2cc(N)nc(C(C)C)n2)s1. The first-order valence-electron chi connectivity index (χ1n) is 5.84. The van der Waals surface area contributed by atoms with E-state index >= 15 is 0 Å². The Morgan fingerprint density at radius 2 is 2.17 bits per heavy atom. The second kappa shape index (κ2) is 5.30. The number of nitrogens with one attached hydrogen (secondary N) is 1. The van der Waals surface area contributed by atoms with Crippen LogP contribution in [0.3, 0.4) is 0 Å². The molecule has 0 unspecified atom stereocenters. The summed E-state index contributed by atoms with van der Waals surface area (Å²) in [5, 5.41) is 4.32. The molecule has 2 aromatic rings. The van der Waals surface area contributed by atoms with Crippen LogP contribution in [0, 0.1) is 6.92 Å². The van der Waals surface area contributed by atoms with Gasteiger partial charge in [-0.3, -0.25) is 0 Å². The summed E-state index contributed by atoms with van der Waals surface area (Å²) in [4.78, 5) is 14.0. The molecular formula is C12H17N5S. The summed E-state index contributed by atoms with van der Waals surface area (Å²) < 4.78 is 0. The zero-order valence-electron chi connectivity index (χ0n) is 10.8. The van der Waals surface area contributed by atoms with Crippen molar-refractivity contribution < 1.29 is 0 Å². The molecular weight excluding hydrogens is 246 g/mol. The third-order valence-electron chi connectivity index (χ3n) is 2.39. The maximum absolute atomic E-state index is 5.77. The van der Waals surface area contributed by atoms with Crippen LogP contribution in [0.25, 0.3) is 0 Å². The number of hydrogen-bond acceptors (Lipinski definition) is 6. The van der Waals surface area contributed by atoms with E-state index in [0.717, 1.165) is 16.6 Å². The lowest BCUT2D eigenvalue weighted by Crippen LogP contribution is -2.07. The molecule has 3 N–H and O–H groups in total. The van der Waals surface area contributed by atoms with E-state index in [4.69, 9.17) is 5.73 Å². The molecule has 2 aromatic heterocycles. The van der Waals surface area contributed by atoms with E-state index in [1.54, 1.807) is 17.4 Å². The lowest BCUT2D eigenvalue weighted by atomic mass is 10.2. The van der Waals surface area contributed by atoms with Crippen molar-refractivity contribution in [3.05, 3.63) is 28.0 Å². The Balaban J connectivity index is 2.09. The molecule has 2 heterocycles. The van der Waals surface area contributed by atoms with Crippen LogP contribution in [-0.2, 0) is 6.54 Å². The van der Waals surface area contributed by atoms with Crippen LogP contribution >= 0.6 is 11.3 Å². The molecule has 96 valence electrons. The number of nitrogens with two attached hydrogens (primary N) is 1. The lowest BCUT2D eigenvalue weighted by Gasteiger charge is -2.09. The minimum atomic E-state index is 0.264. The Morgan fingerprint density at radius 1 is 1.39 bits per heavy atom. The van der Waals surface area contributed by atoms with Crippen LogP contribution < -0.4 is 11.1 Å². The van der Waals surface area contributed by atoms with Crippen molar-refractivity contribution in [2.24, 2.45) is 0 Å². The van der Waals surface area contributed by atoms with Gasteiger partial charge >= 0.3 is 0 Å². The number of rotatable bonds is 4. The summed E-state index contributed by atoms with van der Waals surface area (Å²) in [5.74, 6) is 2.28. The van der Waals surface area contributed by atoms with Crippen LogP contribution in [0.15, 0.2) is 12.3 Å². The highest BCUT2D eigenvalue weighted by Gasteiger charge is 2.06. The molecule has 0 bridgehead atoms. The predicted octanol–water partition coefficient (Wildman–Crippen LogP) is 2.56. The summed E-state index contributed by atoms with van der Waals surface area (Å²) in [6, 6.07) is 1.75. The average molecular weight is 263 g/mol. The highest BCUT2D eigenvalue weighted by Crippen LogP contribution is 2.17. The molecule has 0 amide bonds. The summed E-state index contributed by atoms with van der Waals surface area (Å²) >= 11 is 1.67. The van der Waals surface area contributed by atoms with Crippen LogP contribution in [0.1, 0.15) is 35.5 Å². The van der Waals surface area contributed by atoms with Crippen LogP contribution in [0.5, 0.6) is 0 Å². The van der Waals surface area contributed by atoms with Crippen molar-refractivity contribution in [1.82, 2.24) is 15.0 Å². The number of thiazole rings is 1. The molecule has 0 radical (unpaired) electrons. The molecule has 5 nitrogen and oxygen atoms in total. The Morgan fingerprint density at radius 3 is 2.78 bits per heavy atom. The van der Waals surface area contributed by atoms with Gasteiger partial charge in [-0.25, -0.2) is 15.0 Å². The van der Waals surface area contributed by atoms with Gasteiger partial charge in [0.05, 0.1) is 11.6 Å². The molecule has 6 heteroatoms. The van der Waals surface area contributed by atoms with Crippen LogP contribution in [0.2, 0.25) is 0 Å². The molecule has 0 aliphatic rings. The van der Waals surface area contributed by atoms with Gasteiger partial charge in [-0.2, -0.15) is 0 Å². The van der Waals surface area contributed by atoms with E-state index in [-0.39, 0.29) is 5.92 Å². The van der Waals surface area contributed by atoms with E-state index in [0.29, 0.717) is 12.4 Å². The Kier molecular flexibility index (Phi) is 3.76. The van der Waals surface area contributed by atoms with Crippen molar-refractivity contribution in [2.45, 2.75) is 33.2 Å². The molecule has 0 fully saturated rings. The number of nitrogen functional groups attached to an aromatic ring is 1. The molecule has 0 spiro atoms. The highest BCUT2D eigenvalue weighted by atomic mass is 32.1. The second-order valence-corrected chi connectivity index (χ2v) is 5.71. The van der Waals surface area contributed by atoms with Crippen LogP contribution in [0.4, 0.5) is 11.6 Å². The first-order valence-corrected chi connectivity index (χ1v) is 6.66. The van der Waals surface area contributed by atoms with E-state index in [1.165, 1.54) is 4.88 Å². The van der Waals surface area contributed by atoms with Gasteiger partial charge in [0.25, 0.3) is 0 Å². The summed E-state index contributed by atoms with van der Waals surface area (Å²) in [7, 11) is 0. The maximum atomic E-state index is 5.77. The van der Waals surface area contributed by atoms with Gasteiger partial charge in [0.15, 0.2) is 0 Å². The standard InChI is InChI=1S/C12H17N5S/c1-7(2)12-16-10(13)4-11(17-12)15-6-9-5-14-8(3)18-9/h4-5,7H,6H2,1-3H3,(H3,13,15,16,17). The zero-order chi connectivity index (χ0) is 13.1. The quantitative estimate of drug-likeness (QED) is 0.886. The summed E-state index contributed by atoms with van der Waals surface area (Å²) in [6.45, 7) is 6.80. The molecule has 0 aliphatic carbocycles. The molecule has 0 aliphatic heterocycles. The van der Waals surface area contributed by atoms with Gasteiger partial charge in [0, 0.05) is 23.1 Å². The van der Waals surface area contributed by atoms with Crippen molar-refractivity contribution in [1.29, 1.82) is 0 Å². The highest BCUT2D eigenvalue weighted by molar-refractivity contribution is 7.11. The normalized spacial score (nSPS) is 10.9. The number of nitrogens with zero attached hydrogens (tertiary/aromatic N) is 3.